The molecule has 0 bridgehead atoms. The molecule has 2 aromatic rings. The molecule has 0 spiro atoms. The second-order valence-corrected chi connectivity index (χ2v) is 5.88. The number of nitrogens with one attached hydrogen (secondary N) is 1. The second-order valence-electron chi connectivity index (χ2n) is 5.88. The van der Waals surface area contributed by atoms with Gasteiger partial charge in [-0.15, -0.1) is 0 Å². The Balaban J connectivity index is 1.67. The third-order valence-corrected chi connectivity index (χ3v) is 4.46. The van der Waals surface area contributed by atoms with Gasteiger partial charge in [-0.1, -0.05) is 12.8 Å². The molecule has 1 aliphatic rings. The van der Waals surface area contributed by atoms with E-state index in [4.69, 9.17) is 5.73 Å². The van der Waals surface area contributed by atoms with E-state index in [1.54, 1.807) is 12.5 Å². The maximum atomic E-state index is 12.4. The van der Waals surface area contributed by atoms with Gasteiger partial charge < -0.3 is 15.6 Å². The summed E-state index contributed by atoms with van der Waals surface area (Å²) in [5.41, 5.74) is 7.50. The minimum Gasteiger partial charge on any atom is -0.349 e. The quantitative estimate of drug-likeness (QED) is 0.908. The van der Waals surface area contributed by atoms with Crippen LogP contribution in [0.1, 0.15) is 36.0 Å². The molecule has 22 heavy (non-hydrogen) atoms. The Morgan fingerprint density at radius 3 is 2.73 bits per heavy atom. The Labute approximate surface area is 130 Å². The van der Waals surface area contributed by atoms with Gasteiger partial charge in [0.2, 0.25) is 0 Å². The third kappa shape index (κ3) is 3.20. The van der Waals surface area contributed by atoms with E-state index in [1.165, 1.54) is 12.8 Å². The smallest absolute Gasteiger partial charge is 0.251 e. The van der Waals surface area contributed by atoms with Crippen LogP contribution in [-0.4, -0.2) is 28.0 Å². The van der Waals surface area contributed by atoms with Crippen molar-refractivity contribution in [2.75, 3.05) is 6.54 Å². The van der Waals surface area contributed by atoms with Crippen molar-refractivity contribution in [3.05, 3.63) is 48.5 Å². The summed E-state index contributed by atoms with van der Waals surface area (Å²) < 4.78 is 1.91. The highest BCUT2D eigenvalue weighted by Gasteiger charge is 2.25. The van der Waals surface area contributed by atoms with Crippen LogP contribution in [-0.2, 0) is 0 Å². The molecule has 0 saturated heterocycles. The zero-order valence-corrected chi connectivity index (χ0v) is 12.6. The molecule has 3 N–H and O–H groups in total. The molecule has 1 amide bonds. The Bertz CT molecular complexity index is 606. The summed E-state index contributed by atoms with van der Waals surface area (Å²) in [7, 11) is 0. The van der Waals surface area contributed by atoms with Gasteiger partial charge in [0.15, 0.2) is 0 Å². The Morgan fingerprint density at radius 1 is 1.27 bits per heavy atom. The molecule has 2 unspecified atom stereocenters. The third-order valence-electron chi connectivity index (χ3n) is 4.46. The summed E-state index contributed by atoms with van der Waals surface area (Å²) in [5, 5.41) is 3.15. The Kier molecular flexibility index (Phi) is 4.53. The summed E-state index contributed by atoms with van der Waals surface area (Å²) >= 11 is 0. The Morgan fingerprint density at radius 2 is 2.05 bits per heavy atom. The van der Waals surface area contributed by atoms with Gasteiger partial charge >= 0.3 is 0 Å². The van der Waals surface area contributed by atoms with E-state index in [9.17, 15) is 4.79 Å². The van der Waals surface area contributed by atoms with Crippen LogP contribution < -0.4 is 11.1 Å². The van der Waals surface area contributed by atoms with Gasteiger partial charge in [0, 0.05) is 29.7 Å². The van der Waals surface area contributed by atoms with Crippen molar-refractivity contribution < 1.29 is 4.79 Å². The maximum Gasteiger partial charge on any atom is 0.251 e. The van der Waals surface area contributed by atoms with Crippen LogP contribution in [0.15, 0.2) is 43.0 Å². The highest BCUT2D eigenvalue weighted by molar-refractivity contribution is 5.94. The number of carbonyl (C=O) groups excluding carboxylic acids is 1. The van der Waals surface area contributed by atoms with Gasteiger partial charge in [0.05, 0.1) is 6.33 Å². The molecular weight excluding hydrogens is 276 g/mol. The van der Waals surface area contributed by atoms with Crippen molar-refractivity contribution in [1.29, 1.82) is 0 Å². The molecule has 0 radical (unpaired) electrons. The number of hydrogen-bond acceptors (Lipinski definition) is 3. The van der Waals surface area contributed by atoms with Crippen molar-refractivity contribution in [3.8, 4) is 5.69 Å². The lowest BCUT2D eigenvalue weighted by atomic mass is 9.84. The number of carbonyl (C=O) groups is 1. The lowest BCUT2D eigenvalue weighted by Gasteiger charge is -2.31. The number of imidazole rings is 1. The molecule has 1 saturated carbocycles. The van der Waals surface area contributed by atoms with Crippen molar-refractivity contribution in [2.45, 2.75) is 31.7 Å². The van der Waals surface area contributed by atoms with Crippen LogP contribution in [0.5, 0.6) is 0 Å². The maximum absolute atomic E-state index is 12.4. The minimum atomic E-state index is -0.0115. The van der Waals surface area contributed by atoms with Gasteiger partial charge in [-0.3, -0.25) is 4.79 Å². The van der Waals surface area contributed by atoms with Gasteiger partial charge in [-0.05, 0) is 49.6 Å². The van der Waals surface area contributed by atoms with Crippen LogP contribution in [0.2, 0.25) is 0 Å². The zero-order chi connectivity index (χ0) is 15.4. The molecule has 3 rings (SSSR count). The molecule has 5 nitrogen and oxygen atoms in total. The van der Waals surface area contributed by atoms with Crippen LogP contribution in [0.4, 0.5) is 0 Å². The number of hydrogen-bond donors (Lipinski definition) is 2. The Hall–Kier alpha value is -2.14. The van der Waals surface area contributed by atoms with Crippen molar-refractivity contribution in [3.63, 3.8) is 0 Å². The number of amides is 1. The van der Waals surface area contributed by atoms with Gasteiger partial charge in [-0.25, -0.2) is 4.98 Å². The van der Waals surface area contributed by atoms with E-state index >= 15 is 0 Å². The first-order valence-electron chi connectivity index (χ1n) is 7.87. The van der Waals surface area contributed by atoms with Crippen molar-refractivity contribution >= 4 is 5.91 Å². The number of benzene rings is 1. The molecule has 116 valence electrons. The van der Waals surface area contributed by atoms with Crippen molar-refractivity contribution in [1.82, 2.24) is 14.9 Å². The summed E-state index contributed by atoms with van der Waals surface area (Å²) in [6.45, 7) is 0.643. The fraction of sp³-hybridized carbons (Fsp3) is 0.412. The summed E-state index contributed by atoms with van der Waals surface area (Å²) in [6, 6.07) is 7.77. The van der Waals surface area contributed by atoms with E-state index in [0.717, 1.165) is 18.5 Å². The highest BCUT2D eigenvalue weighted by atomic mass is 16.1. The monoisotopic (exact) mass is 298 g/mol. The standard InChI is InChI=1S/C17H22N4O/c18-11-14-3-1-2-4-16(14)20-17(22)13-5-7-15(8-6-13)21-10-9-19-12-21/h5-10,12,14,16H,1-4,11,18H2,(H,20,22). The molecule has 5 heteroatoms. The van der Waals surface area contributed by atoms with Crippen LogP contribution in [0.25, 0.3) is 5.69 Å². The molecule has 1 aromatic heterocycles. The van der Waals surface area contributed by atoms with E-state index < -0.39 is 0 Å². The van der Waals surface area contributed by atoms with Gasteiger partial charge in [0.1, 0.15) is 0 Å². The van der Waals surface area contributed by atoms with Crippen LogP contribution in [0, 0.1) is 5.92 Å². The molecular formula is C17H22N4O. The number of nitrogens with two attached hydrogens (primary N) is 1. The summed E-state index contributed by atoms with van der Waals surface area (Å²) in [4.78, 5) is 16.4. The molecule has 1 heterocycles. The fourth-order valence-corrected chi connectivity index (χ4v) is 3.13. The summed E-state index contributed by atoms with van der Waals surface area (Å²) in [5.74, 6) is 0.394. The SMILES string of the molecule is NCC1CCCCC1NC(=O)c1ccc(-n2ccnc2)cc1. The fourth-order valence-electron chi connectivity index (χ4n) is 3.13. The van der Waals surface area contributed by atoms with Crippen molar-refractivity contribution in [2.24, 2.45) is 11.7 Å². The predicted octanol–water partition coefficient (Wildman–Crippen LogP) is 2.12. The average Bonchev–Trinajstić information content (AvgIpc) is 3.10. The second kappa shape index (κ2) is 6.75. The van der Waals surface area contributed by atoms with Gasteiger partial charge in [-0.2, -0.15) is 0 Å². The summed E-state index contributed by atoms with van der Waals surface area (Å²) in [6.07, 6.45) is 9.87. The topological polar surface area (TPSA) is 72.9 Å². The highest BCUT2D eigenvalue weighted by Crippen LogP contribution is 2.23. The number of nitrogens with zero attached hydrogens (tertiary/aromatic N) is 2. The lowest BCUT2D eigenvalue weighted by Crippen LogP contribution is -2.44. The van der Waals surface area contributed by atoms with Crippen LogP contribution >= 0.6 is 0 Å². The van der Waals surface area contributed by atoms with E-state index in [1.807, 2.05) is 35.0 Å². The number of aromatic nitrogens is 2. The molecule has 1 aromatic carbocycles. The molecule has 0 aliphatic heterocycles. The largest absolute Gasteiger partial charge is 0.349 e. The van der Waals surface area contributed by atoms with E-state index in [-0.39, 0.29) is 11.9 Å². The molecule has 1 fully saturated rings. The lowest BCUT2D eigenvalue weighted by molar-refractivity contribution is 0.0908. The van der Waals surface area contributed by atoms with Crippen LogP contribution in [0.3, 0.4) is 0 Å². The van der Waals surface area contributed by atoms with E-state index in [0.29, 0.717) is 18.0 Å². The minimum absolute atomic E-state index is 0.0115. The first-order chi connectivity index (χ1) is 10.8. The first-order valence-corrected chi connectivity index (χ1v) is 7.87. The number of rotatable bonds is 4. The van der Waals surface area contributed by atoms with Gasteiger partial charge in [0.25, 0.3) is 5.91 Å². The van der Waals surface area contributed by atoms with E-state index in [2.05, 4.69) is 10.3 Å². The predicted molar refractivity (Wildman–Crippen MR) is 85.8 cm³/mol. The zero-order valence-electron chi connectivity index (χ0n) is 12.6. The average molecular weight is 298 g/mol. The first kappa shape index (κ1) is 14.8. The molecule has 2 atom stereocenters. The normalized spacial score (nSPS) is 21.5. The molecule has 1 aliphatic carbocycles.